The number of nitrogens with one attached hydrogen (secondary N) is 2. The quantitative estimate of drug-likeness (QED) is 0.784. The van der Waals surface area contributed by atoms with Gasteiger partial charge in [-0.15, -0.1) is 0 Å². The van der Waals surface area contributed by atoms with E-state index in [1.165, 1.54) is 20.3 Å². The number of aromatic nitrogens is 4. The average molecular weight is 325 g/mol. The Bertz CT molecular complexity index is 467. The van der Waals surface area contributed by atoms with E-state index in [-0.39, 0.29) is 15.0 Å². The van der Waals surface area contributed by atoms with Gasteiger partial charge in [0, 0.05) is 0 Å². The predicted molar refractivity (Wildman–Crippen MR) is 79.3 cm³/mol. The molecule has 0 atom stereocenters. The minimum atomic E-state index is 0.286. The molecule has 0 amide bonds. The summed E-state index contributed by atoms with van der Waals surface area (Å²) in [4.78, 5) is 0. The van der Waals surface area contributed by atoms with Crippen LogP contribution < -0.4 is 8.92 Å². The fraction of sp³-hybridized carbons (Fsp3) is 0.571. The van der Waals surface area contributed by atoms with E-state index >= 15 is 0 Å². The first-order valence-corrected chi connectivity index (χ1v) is 8.50. The third-order valence-electron chi connectivity index (χ3n) is 2.80. The van der Waals surface area contributed by atoms with Gasteiger partial charge in [-0.3, -0.25) is 0 Å². The van der Waals surface area contributed by atoms with E-state index in [9.17, 15) is 0 Å². The van der Waals surface area contributed by atoms with Crippen LogP contribution in [0.15, 0.2) is 12.4 Å². The summed E-state index contributed by atoms with van der Waals surface area (Å²) in [6, 6.07) is 0. The molecule has 0 aliphatic rings. The van der Waals surface area contributed by atoms with Crippen LogP contribution in [0, 0.1) is 11.8 Å². The molecular weight excluding hydrogens is 303 g/mol. The Labute approximate surface area is 120 Å². The molecule has 2 aromatic heterocycles. The normalized spacial score (nSPS) is 11.7. The molecule has 0 spiro atoms. The maximum atomic E-state index is 4.21. The molecule has 2 aromatic rings. The van der Waals surface area contributed by atoms with Crippen LogP contribution in [0.5, 0.6) is 0 Å². The topological polar surface area (TPSA) is 57.4 Å². The van der Waals surface area contributed by atoms with E-state index in [1.807, 2.05) is 12.4 Å². The van der Waals surface area contributed by atoms with E-state index in [1.54, 1.807) is 0 Å². The SMILES string of the molecule is CC(C)Cc1[nH]ncc1[Se]c1cn[nH]c1CC(C)C. The van der Waals surface area contributed by atoms with Gasteiger partial charge >= 0.3 is 120 Å². The van der Waals surface area contributed by atoms with Gasteiger partial charge in [-0.05, 0) is 0 Å². The van der Waals surface area contributed by atoms with Gasteiger partial charge < -0.3 is 0 Å². The summed E-state index contributed by atoms with van der Waals surface area (Å²) < 4.78 is 2.71. The molecule has 0 unspecified atom stereocenters. The zero-order chi connectivity index (χ0) is 13.8. The van der Waals surface area contributed by atoms with Crippen molar-refractivity contribution in [2.75, 3.05) is 0 Å². The van der Waals surface area contributed by atoms with Crippen molar-refractivity contribution in [1.29, 1.82) is 0 Å². The predicted octanol–water partition coefficient (Wildman–Crippen LogP) is 1.18. The van der Waals surface area contributed by atoms with Crippen LogP contribution in [0.25, 0.3) is 0 Å². The van der Waals surface area contributed by atoms with Crippen molar-refractivity contribution in [1.82, 2.24) is 20.4 Å². The molecule has 0 fully saturated rings. The number of rotatable bonds is 6. The van der Waals surface area contributed by atoms with Gasteiger partial charge in [0.1, 0.15) is 0 Å². The van der Waals surface area contributed by atoms with Gasteiger partial charge in [-0.1, -0.05) is 0 Å². The van der Waals surface area contributed by atoms with Gasteiger partial charge in [-0.25, -0.2) is 0 Å². The van der Waals surface area contributed by atoms with E-state index in [0.29, 0.717) is 11.8 Å². The van der Waals surface area contributed by atoms with E-state index in [2.05, 4.69) is 48.1 Å². The van der Waals surface area contributed by atoms with Crippen LogP contribution in [0.3, 0.4) is 0 Å². The van der Waals surface area contributed by atoms with Gasteiger partial charge in [0.05, 0.1) is 0 Å². The van der Waals surface area contributed by atoms with Crippen molar-refractivity contribution in [3.63, 3.8) is 0 Å². The molecule has 2 N–H and O–H groups in total. The molecule has 2 heterocycles. The number of aromatic amines is 2. The number of H-pyrrole nitrogens is 2. The van der Waals surface area contributed by atoms with Crippen LogP contribution in [-0.4, -0.2) is 35.4 Å². The van der Waals surface area contributed by atoms with Gasteiger partial charge in [0.25, 0.3) is 0 Å². The van der Waals surface area contributed by atoms with E-state index in [4.69, 9.17) is 0 Å². The summed E-state index contributed by atoms with van der Waals surface area (Å²) >= 11 is 0.286. The van der Waals surface area contributed by atoms with Crippen molar-refractivity contribution in [3.05, 3.63) is 23.8 Å². The number of nitrogens with zero attached hydrogens (tertiary/aromatic N) is 2. The molecule has 0 aliphatic carbocycles. The summed E-state index contributed by atoms with van der Waals surface area (Å²) in [5.74, 6) is 1.30. The molecule has 5 heteroatoms. The second kappa shape index (κ2) is 6.40. The Morgan fingerprint density at radius 1 is 0.895 bits per heavy atom. The van der Waals surface area contributed by atoms with Crippen molar-refractivity contribution in [3.8, 4) is 0 Å². The summed E-state index contributed by atoms with van der Waals surface area (Å²) in [5, 5.41) is 14.7. The van der Waals surface area contributed by atoms with Gasteiger partial charge in [-0.2, -0.15) is 0 Å². The Morgan fingerprint density at radius 3 is 1.68 bits per heavy atom. The molecule has 19 heavy (non-hydrogen) atoms. The molecule has 2 rings (SSSR count). The van der Waals surface area contributed by atoms with E-state index < -0.39 is 0 Å². The Kier molecular flexibility index (Phi) is 4.83. The molecule has 0 aliphatic heterocycles. The zero-order valence-corrected chi connectivity index (χ0v) is 13.7. The Morgan fingerprint density at radius 2 is 1.32 bits per heavy atom. The summed E-state index contributed by atoms with van der Waals surface area (Å²) in [7, 11) is 0. The first kappa shape index (κ1) is 14.4. The third-order valence-corrected chi connectivity index (χ3v) is 5.20. The van der Waals surface area contributed by atoms with Crippen molar-refractivity contribution >= 4 is 23.9 Å². The van der Waals surface area contributed by atoms with Crippen molar-refractivity contribution in [2.24, 2.45) is 11.8 Å². The Hall–Kier alpha value is -1.06. The van der Waals surface area contributed by atoms with Crippen molar-refractivity contribution < 1.29 is 0 Å². The van der Waals surface area contributed by atoms with Gasteiger partial charge in [0.2, 0.25) is 0 Å². The van der Waals surface area contributed by atoms with Crippen LogP contribution in [0.1, 0.15) is 39.1 Å². The molecule has 0 bridgehead atoms. The molecule has 104 valence electrons. The third kappa shape index (κ3) is 3.95. The number of hydrogen-bond acceptors (Lipinski definition) is 2. The fourth-order valence-electron chi connectivity index (χ4n) is 2.01. The standard InChI is InChI=1S/C14H22N4Se/c1-9(2)5-11-13(7-15-17-11)19-14-8-16-18-12(14)6-10(3)4/h7-10H,5-6H2,1-4H3,(H,15,17)(H,16,18). The van der Waals surface area contributed by atoms with Crippen LogP contribution in [0.2, 0.25) is 0 Å². The molecule has 0 saturated heterocycles. The molecule has 0 aromatic carbocycles. The first-order chi connectivity index (χ1) is 9.06. The van der Waals surface area contributed by atoms with Crippen LogP contribution in [0.4, 0.5) is 0 Å². The van der Waals surface area contributed by atoms with Crippen molar-refractivity contribution in [2.45, 2.75) is 40.5 Å². The molecule has 4 nitrogen and oxygen atoms in total. The van der Waals surface area contributed by atoms with Crippen LogP contribution in [-0.2, 0) is 12.8 Å². The average Bonchev–Trinajstić information content (AvgIpc) is 2.89. The first-order valence-electron chi connectivity index (χ1n) is 6.78. The zero-order valence-electron chi connectivity index (χ0n) is 12.0. The fourth-order valence-corrected chi connectivity index (χ4v) is 4.00. The van der Waals surface area contributed by atoms with Gasteiger partial charge in [0.15, 0.2) is 0 Å². The molecule has 0 saturated carbocycles. The minimum absolute atomic E-state index is 0.286. The summed E-state index contributed by atoms with van der Waals surface area (Å²) in [6.45, 7) is 8.94. The molecular formula is C14H22N4Se. The summed E-state index contributed by atoms with van der Waals surface area (Å²) in [5.41, 5.74) is 2.57. The second-order valence-corrected chi connectivity index (χ2v) is 8.00. The second-order valence-electron chi connectivity index (χ2n) is 5.72. The summed E-state index contributed by atoms with van der Waals surface area (Å²) in [6.07, 6.45) is 6.08. The monoisotopic (exact) mass is 326 g/mol. The Balaban J connectivity index is 2.13. The molecule has 0 radical (unpaired) electrons. The van der Waals surface area contributed by atoms with Crippen LogP contribution >= 0.6 is 0 Å². The number of hydrogen-bond donors (Lipinski definition) is 2. The maximum absolute atomic E-state index is 4.21. The van der Waals surface area contributed by atoms with E-state index in [0.717, 1.165) is 12.8 Å².